The molecule has 0 aliphatic carbocycles. The van der Waals surface area contributed by atoms with E-state index in [-0.39, 0.29) is 0 Å². The summed E-state index contributed by atoms with van der Waals surface area (Å²) < 4.78 is 0. The average molecular weight is 254 g/mol. The Morgan fingerprint density at radius 2 is 1.95 bits per heavy atom. The molecule has 3 rings (SSSR count). The first-order chi connectivity index (χ1) is 9.25. The lowest BCUT2D eigenvalue weighted by atomic mass is 9.99. The highest BCUT2D eigenvalue weighted by Gasteiger charge is 2.20. The molecule has 2 aromatic rings. The zero-order valence-corrected chi connectivity index (χ0v) is 11.1. The molecule has 19 heavy (non-hydrogen) atoms. The second-order valence-corrected chi connectivity index (χ2v) is 5.03. The van der Waals surface area contributed by atoms with E-state index in [2.05, 4.69) is 34.1 Å². The van der Waals surface area contributed by atoms with Crippen molar-refractivity contribution in [2.24, 2.45) is 0 Å². The van der Waals surface area contributed by atoms with Crippen LogP contribution in [0.15, 0.2) is 42.6 Å². The van der Waals surface area contributed by atoms with Crippen molar-refractivity contribution < 1.29 is 5.11 Å². The molecule has 1 aliphatic heterocycles. The highest BCUT2D eigenvalue weighted by atomic mass is 16.3. The summed E-state index contributed by atoms with van der Waals surface area (Å²) >= 11 is 0. The van der Waals surface area contributed by atoms with Gasteiger partial charge in [0.1, 0.15) is 5.82 Å². The van der Waals surface area contributed by atoms with Crippen LogP contribution in [-0.2, 0) is 13.0 Å². The standard InChI is InChI=1S/C16H18N2O/c1-12(19)15-7-4-9-17-16(15)18-10-8-13-5-2-3-6-14(13)11-18/h2-7,9,12,19H,8,10-11H2,1H3/t12-/m0/s1. The molecular weight excluding hydrogens is 236 g/mol. The number of nitrogens with zero attached hydrogens (tertiary/aromatic N) is 2. The molecule has 1 aromatic carbocycles. The maximum atomic E-state index is 9.86. The molecule has 98 valence electrons. The summed E-state index contributed by atoms with van der Waals surface area (Å²) in [6.07, 6.45) is 2.34. The smallest absolute Gasteiger partial charge is 0.134 e. The number of hydrogen-bond acceptors (Lipinski definition) is 3. The van der Waals surface area contributed by atoms with Gasteiger partial charge < -0.3 is 10.0 Å². The Labute approximate surface area is 113 Å². The van der Waals surface area contributed by atoms with Crippen LogP contribution in [0.2, 0.25) is 0 Å². The largest absolute Gasteiger partial charge is 0.389 e. The summed E-state index contributed by atoms with van der Waals surface area (Å²) in [4.78, 5) is 6.72. The molecule has 0 amide bonds. The lowest BCUT2D eigenvalue weighted by molar-refractivity contribution is 0.199. The minimum absolute atomic E-state index is 0.485. The molecule has 1 atom stereocenters. The molecule has 0 unspecified atom stereocenters. The van der Waals surface area contributed by atoms with Gasteiger partial charge >= 0.3 is 0 Å². The Balaban J connectivity index is 1.93. The van der Waals surface area contributed by atoms with Crippen molar-refractivity contribution in [3.05, 3.63) is 59.3 Å². The molecule has 3 heteroatoms. The molecule has 0 saturated carbocycles. The average Bonchev–Trinajstić information content (AvgIpc) is 2.46. The van der Waals surface area contributed by atoms with E-state index in [4.69, 9.17) is 0 Å². The van der Waals surface area contributed by atoms with Gasteiger partial charge in [0.25, 0.3) is 0 Å². The van der Waals surface area contributed by atoms with Gasteiger partial charge in [-0.15, -0.1) is 0 Å². The van der Waals surface area contributed by atoms with Crippen molar-refractivity contribution in [1.29, 1.82) is 0 Å². The zero-order chi connectivity index (χ0) is 13.2. The lowest BCUT2D eigenvalue weighted by Crippen LogP contribution is -2.32. The summed E-state index contributed by atoms with van der Waals surface area (Å²) in [5, 5.41) is 9.86. The number of fused-ring (bicyclic) bond motifs is 1. The van der Waals surface area contributed by atoms with Crippen LogP contribution in [0.5, 0.6) is 0 Å². The van der Waals surface area contributed by atoms with Crippen LogP contribution in [0.1, 0.15) is 29.7 Å². The first-order valence-electron chi connectivity index (χ1n) is 6.70. The van der Waals surface area contributed by atoms with E-state index in [9.17, 15) is 5.11 Å². The molecule has 1 N–H and O–H groups in total. The van der Waals surface area contributed by atoms with E-state index in [0.29, 0.717) is 0 Å². The highest BCUT2D eigenvalue weighted by Crippen LogP contribution is 2.28. The fourth-order valence-corrected chi connectivity index (χ4v) is 2.68. The van der Waals surface area contributed by atoms with E-state index >= 15 is 0 Å². The molecule has 0 saturated heterocycles. The SMILES string of the molecule is C[C@H](O)c1cccnc1N1CCc2ccccc2C1. The van der Waals surface area contributed by atoms with Crippen LogP contribution < -0.4 is 4.90 Å². The summed E-state index contributed by atoms with van der Waals surface area (Å²) in [7, 11) is 0. The predicted octanol–water partition coefficient (Wildman–Crippen LogP) is 2.70. The minimum Gasteiger partial charge on any atom is -0.389 e. The summed E-state index contributed by atoms with van der Waals surface area (Å²) in [6.45, 7) is 3.61. The third-order valence-corrected chi connectivity index (χ3v) is 3.70. The van der Waals surface area contributed by atoms with Gasteiger partial charge in [-0.1, -0.05) is 30.3 Å². The Kier molecular flexibility index (Phi) is 3.22. The number of aliphatic hydroxyl groups is 1. The normalized spacial score (nSPS) is 16.0. The summed E-state index contributed by atoms with van der Waals surface area (Å²) in [5.41, 5.74) is 3.69. The third-order valence-electron chi connectivity index (χ3n) is 3.70. The quantitative estimate of drug-likeness (QED) is 0.895. The van der Waals surface area contributed by atoms with Crippen LogP contribution in [0, 0.1) is 0 Å². The van der Waals surface area contributed by atoms with Crippen molar-refractivity contribution in [1.82, 2.24) is 4.98 Å². The maximum Gasteiger partial charge on any atom is 0.134 e. The van der Waals surface area contributed by atoms with E-state index in [1.807, 2.05) is 12.1 Å². The van der Waals surface area contributed by atoms with E-state index < -0.39 is 6.10 Å². The number of anilines is 1. The second-order valence-electron chi connectivity index (χ2n) is 5.03. The van der Waals surface area contributed by atoms with Crippen LogP contribution in [-0.4, -0.2) is 16.6 Å². The minimum atomic E-state index is -0.485. The maximum absolute atomic E-state index is 9.86. The molecule has 0 radical (unpaired) electrons. The molecule has 1 aliphatic rings. The topological polar surface area (TPSA) is 36.4 Å². The lowest BCUT2D eigenvalue weighted by Gasteiger charge is -2.31. The van der Waals surface area contributed by atoms with Crippen molar-refractivity contribution in [2.45, 2.75) is 26.0 Å². The van der Waals surface area contributed by atoms with Gasteiger partial charge in [0.2, 0.25) is 0 Å². The molecule has 1 aromatic heterocycles. The Hall–Kier alpha value is -1.87. The summed E-state index contributed by atoms with van der Waals surface area (Å²) in [5.74, 6) is 0.909. The van der Waals surface area contributed by atoms with Gasteiger partial charge in [-0.3, -0.25) is 0 Å². The first kappa shape index (κ1) is 12.2. The predicted molar refractivity (Wildman–Crippen MR) is 76.1 cm³/mol. The number of hydrogen-bond donors (Lipinski definition) is 1. The van der Waals surface area contributed by atoms with Crippen molar-refractivity contribution in [3.63, 3.8) is 0 Å². The summed E-state index contributed by atoms with van der Waals surface area (Å²) in [6, 6.07) is 12.4. The van der Waals surface area contributed by atoms with Gasteiger partial charge in [-0.2, -0.15) is 0 Å². The second kappa shape index (κ2) is 5.02. The van der Waals surface area contributed by atoms with Gasteiger partial charge in [-0.25, -0.2) is 4.98 Å². The molecular formula is C16H18N2O. The van der Waals surface area contributed by atoms with Gasteiger partial charge in [0.05, 0.1) is 6.10 Å². The molecule has 2 heterocycles. The van der Waals surface area contributed by atoms with Crippen LogP contribution >= 0.6 is 0 Å². The van der Waals surface area contributed by atoms with E-state index in [0.717, 1.165) is 30.9 Å². The fourth-order valence-electron chi connectivity index (χ4n) is 2.68. The molecule has 3 nitrogen and oxygen atoms in total. The van der Waals surface area contributed by atoms with Gasteiger partial charge in [-0.05, 0) is 30.5 Å². The van der Waals surface area contributed by atoms with Crippen molar-refractivity contribution in [3.8, 4) is 0 Å². The molecule has 0 fully saturated rings. The zero-order valence-electron chi connectivity index (χ0n) is 11.1. The van der Waals surface area contributed by atoms with Crippen molar-refractivity contribution in [2.75, 3.05) is 11.4 Å². The Morgan fingerprint density at radius 1 is 1.16 bits per heavy atom. The van der Waals surface area contributed by atoms with Gasteiger partial charge in [0, 0.05) is 24.8 Å². The van der Waals surface area contributed by atoms with E-state index in [1.54, 1.807) is 13.1 Å². The van der Waals surface area contributed by atoms with Crippen LogP contribution in [0.4, 0.5) is 5.82 Å². The first-order valence-corrected chi connectivity index (χ1v) is 6.70. The van der Waals surface area contributed by atoms with Crippen LogP contribution in [0.25, 0.3) is 0 Å². The monoisotopic (exact) mass is 254 g/mol. The molecule has 0 spiro atoms. The highest BCUT2D eigenvalue weighted by molar-refractivity contribution is 5.50. The molecule has 0 bridgehead atoms. The third kappa shape index (κ3) is 2.34. The Morgan fingerprint density at radius 3 is 2.74 bits per heavy atom. The number of aromatic nitrogens is 1. The number of aliphatic hydroxyl groups excluding tert-OH is 1. The number of rotatable bonds is 2. The van der Waals surface area contributed by atoms with Gasteiger partial charge in [0.15, 0.2) is 0 Å². The number of pyridine rings is 1. The number of benzene rings is 1. The van der Waals surface area contributed by atoms with Crippen LogP contribution in [0.3, 0.4) is 0 Å². The van der Waals surface area contributed by atoms with E-state index in [1.165, 1.54) is 11.1 Å². The fraction of sp³-hybridized carbons (Fsp3) is 0.312. The van der Waals surface area contributed by atoms with Crippen molar-refractivity contribution >= 4 is 5.82 Å². The Bertz CT molecular complexity index is 580.